The Hall–Kier alpha value is -1.57. The van der Waals surface area contributed by atoms with Crippen molar-refractivity contribution in [3.8, 4) is 0 Å². The Morgan fingerprint density at radius 2 is 2.13 bits per heavy atom. The van der Waals surface area contributed by atoms with Crippen molar-refractivity contribution in [1.82, 2.24) is 0 Å². The van der Waals surface area contributed by atoms with Crippen molar-refractivity contribution >= 4 is 5.97 Å². The normalized spacial score (nSPS) is 24.9. The lowest BCUT2D eigenvalue weighted by molar-refractivity contribution is -0.149. The van der Waals surface area contributed by atoms with Gasteiger partial charge in [0.2, 0.25) is 0 Å². The predicted octanol–water partition coefficient (Wildman–Crippen LogP) is 2.80. The van der Waals surface area contributed by atoms with Gasteiger partial charge in [0.25, 0.3) is 0 Å². The molecule has 1 atom stereocenters. The average molecular weight is 202 g/mol. The van der Waals surface area contributed by atoms with Crippen molar-refractivity contribution in [2.45, 2.75) is 24.9 Å². The van der Waals surface area contributed by atoms with Crippen molar-refractivity contribution in [1.29, 1.82) is 0 Å². The fourth-order valence-corrected chi connectivity index (χ4v) is 2.06. The number of carbonyl (C=O) groups is 1. The molecule has 2 rings (SSSR count). The molecule has 0 radical (unpaired) electrons. The lowest BCUT2D eigenvalue weighted by atomic mass is 9.88. The molecule has 15 heavy (non-hydrogen) atoms. The lowest BCUT2D eigenvalue weighted by Gasteiger charge is -2.26. The second-order valence-corrected chi connectivity index (χ2v) is 3.83. The van der Waals surface area contributed by atoms with E-state index in [-0.39, 0.29) is 5.97 Å². The van der Waals surface area contributed by atoms with E-state index in [1.54, 1.807) is 0 Å². The lowest BCUT2D eigenvalue weighted by Crippen LogP contribution is -2.24. The van der Waals surface area contributed by atoms with Crippen LogP contribution in [-0.4, -0.2) is 5.97 Å². The van der Waals surface area contributed by atoms with Crippen LogP contribution in [0.15, 0.2) is 43.0 Å². The van der Waals surface area contributed by atoms with Crippen molar-refractivity contribution < 1.29 is 9.53 Å². The topological polar surface area (TPSA) is 26.3 Å². The van der Waals surface area contributed by atoms with E-state index in [0.29, 0.717) is 12.8 Å². The highest BCUT2D eigenvalue weighted by atomic mass is 16.6. The van der Waals surface area contributed by atoms with E-state index in [0.717, 1.165) is 12.0 Å². The van der Waals surface area contributed by atoms with Gasteiger partial charge in [-0.25, -0.2) is 0 Å². The fraction of sp³-hybridized carbons (Fsp3) is 0.308. The maximum atomic E-state index is 11.3. The summed E-state index contributed by atoms with van der Waals surface area (Å²) in [5, 5.41) is 0. The van der Waals surface area contributed by atoms with Crippen LogP contribution < -0.4 is 0 Å². The number of esters is 1. The van der Waals surface area contributed by atoms with Gasteiger partial charge in [-0.2, -0.15) is 0 Å². The van der Waals surface area contributed by atoms with Gasteiger partial charge in [-0.1, -0.05) is 36.4 Å². The van der Waals surface area contributed by atoms with Crippen LogP contribution in [0.1, 0.15) is 24.8 Å². The van der Waals surface area contributed by atoms with E-state index < -0.39 is 5.60 Å². The Morgan fingerprint density at radius 3 is 2.67 bits per heavy atom. The Labute approximate surface area is 89.6 Å². The Kier molecular flexibility index (Phi) is 2.58. The van der Waals surface area contributed by atoms with Gasteiger partial charge in [0.15, 0.2) is 0 Å². The molecule has 1 fully saturated rings. The molecule has 1 heterocycles. The molecule has 0 amide bonds. The van der Waals surface area contributed by atoms with E-state index in [1.807, 2.05) is 36.4 Å². The summed E-state index contributed by atoms with van der Waals surface area (Å²) in [5.74, 6) is -0.110. The van der Waals surface area contributed by atoms with Crippen molar-refractivity contribution in [2.75, 3.05) is 0 Å². The molecule has 0 aliphatic carbocycles. The maximum Gasteiger partial charge on any atom is 0.306 e. The molecule has 1 aromatic rings. The minimum Gasteiger partial charge on any atom is -0.454 e. The summed E-state index contributed by atoms with van der Waals surface area (Å²) < 4.78 is 5.47. The Morgan fingerprint density at radius 1 is 1.40 bits per heavy atom. The fourth-order valence-electron chi connectivity index (χ4n) is 2.06. The summed E-state index contributed by atoms with van der Waals surface area (Å²) in [7, 11) is 0. The minimum atomic E-state index is -0.458. The molecule has 1 unspecified atom stereocenters. The standard InChI is InChI=1S/C13H14O2/c1-2-9-13(10-8-12(14)15-13)11-6-4-3-5-7-11/h2-7H,1,8-10H2. The van der Waals surface area contributed by atoms with E-state index >= 15 is 0 Å². The van der Waals surface area contributed by atoms with E-state index in [9.17, 15) is 4.79 Å². The highest BCUT2D eigenvalue weighted by molar-refractivity contribution is 5.72. The summed E-state index contributed by atoms with van der Waals surface area (Å²) in [6.45, 7) is 3.73. The average Bonchev–Trinajstić information content (AvgIpc) is 2.63. The zero-order valence-corrected chi connectivity index (χ0v) is 8.61. The molecular formula is C13H14O2. The molecule has 0 saturated carbocycles. The molecule has 0 bridgehead atoms. The van der Waals surface area contributed by atoms with Gasteiger partial charge in [-0.15, -0.1) is 6.58 Å². The molecule has 1 aliphatic rings. The van der Waals surface area contributed by atoms with Gasteiger partial charge in [0.1, 0.15) is 5.60 Å². The second kappa shape index (κ2) is 3.89. The summed E-state index contributed by atoms with van der Waals surface area (Å²) in [4.78, 5) is 11.3. The monoisotopic (exact) mass is 202 g/mol. The first kappa shape index (κ1) is 9.97. The van der Waals surface area contributed by atoms with Crippen molar-refractivity contribution in [3.63, 3.8) is 0 Å². The van der Waals surface area contributed by atoms with Gasteiger partial charge < -0.3 is 4.74 Å². The van der Waals surface area contributed by atoms with E-state index in [1.165, 1.54) is 0 Å². The first-order chi connectivity index (χ1) is 7.27. The Balaban J connectivity index is 2.35. The third-order valence-corrected chi connectivity index (χ3v) is 2.82. The molecule has 0 aromatic heterocycles. The van der Waals surface area contributed by atoms with Gasteiger partial charge in [-0.3, -0.25) is 4.79 Å². The van der Waals surface area contributed by atoms with Gasteiger partial charge in [-0.05, 0) is 5.56 Å². The largest absolute Gasteiger partial charge is 0.454 e. The number of rotatable bonds is 3. The number of benzene rings is 1. The third kappa shape index (κ3) is 1.80. The minimum absolute atomic E-state index is 0.110. The molecule has 2 nitrogen and oxygen atoms in total. The van der Waals surface area contributed by atoms with Crippen LogP contribution in [0.2, 0.25) is 0 Å². The zero-order valence-electron chi connectivity index (χ0n) is 8.61. The number of cyclic esters (lactones) is 1. The molecule has 0 N–H and O–H groups in total. The van der Waals surface area contributed by atoms with Crippen LogP contribution in [0.25, 0.3) is 0 Å². The molecule has 1 aliphatic heterocycles. The summed E-state index contributed by atoms with van der Waals surface area (Å²) >= 11 is 0. The second-order valence-electron chi connectivity index (χ2n) is 3.83. The smallest absolute Gasteiger partial charge is 0.306 e. The number of ether oxygens (including phenoxy) is 1. The Bertz CT molecular complexity index is 369. The molecule has 0 spiro atoms. The molecule has 1 aromatic carbocycles. The summed E-state index contributed by atoms with van der Waals surface area (Å²) in [5.41, 5.74) is 0.607. The van der Waals surface area contributed by atoms with Crippen molar-refractivity contribution in [2.24, 2.45) is 0 Å². The summed E-state index contributed by atoms with van der Waals surface area (Å²) in [6.07, 6.45) is 3.75. The van der Waals surface area contributed by atoms with E-state index in [4.69, 9.17) is 4.74 Å². The van der Waals surface area contributed by atoms with Crippen LogP contribution in [0, 0.1) is 0 Å². The van der Waals surface area contributed by atoms with Gasteiger partial charge >= 0.3 is 5.97 Å². The van der Waals surface area contributed by atoms with E-state index in [2.05, 4.69) is 6.58 Å². The highest BCUT2D eigenvalue weighted by Crippen LogP contribution is 2.39. The SMILES string of the molecule is C=CCC1(c2ccccc2)CCC(=O)O1. The van der Waals surface area contributed by atoms with Gasteiger partial charge in [0.05, 0.1) is 0 Å². The van der Waals surface area contributed by atoms with Crippen LogP contribution in [-0.2, 0) is 15.1 Å². The molecule has 2 heteroatoms. The number of hydrogen-bond acceptors (Lipinski definition) is 2. The first-order valence-electron chi connectivity index (χ1n) is 5.15. The van der Waals surface area contributed by atoms with Crippen LogP contribution in [0.3, 0.4) is 0 Å². The number of carbonyl (C=O) groups excluding carboxylic acids is 1. The highest BCUT2D eigenvalue weighted by Gasteiger charge is 2.40. The molecule has 1 saturated heterocycles. The third-order valence-electron chi connectivity index (χ3n) is 2.82. The maximum absolute atomic E-state index is 11.3. The number of hydrogen-bond donors (Lipinski definition) is 0. The van der Waals surface area contributed by atoms with Gasteiger partial charge in [0, 0.05) is 19.3 Å². The first-order valence-corrected chi connectivity index (χ1v) is 5.15. The predicted molar refractivity (Wildman–Crippen MR) is 58.3 cm³/mol. The molecule has 78 valence electrons. The molecular weight excluding hydrogens is 188 g/mol. The van der Waals surface area contributed by atoms with Crippen LogP contribution >= 0.6 is 0 Å². The quantitative estimate of drug-likeness (QED) is 0.556. The van der Waals surface area contributed by atoms with Crippen LogP contribution in [0.5, 0.6) is 0 Å². The van der Waals surface area contributed by atoms with Crippen LogP contribution in [0.4, 0.5) is 0 Å². The van der Waals surface area contributed by atoms with Crippen molar-refractivity contribution in [3.05, 3.63) is 48.6 Å². The summed E-state index contributed by atoms with van der Waals surface area (Å²) in [6, 6.07) is 9.89. The zero-order chi connectivity index (χ0) is 10.7.